The molecule has 2 N–H and O–H groups in total. The van der Waals surface area contributed by atoms with Gasteiger partial charge >= 0.3 is 5.97 Å². The van der Waals surface area contributed by atoms with E-state index in [4.69, 9.17) is 4.74 Å². The molecule has 0 aliphatic carbocycles. The average Bonchev–Trinajstić information content (AvgIpc) is 2.23. The molecule has 100 valence electrons. The van der Waals surface area contributed by atoms with Gasteiger partial charge in [0.05, 0.1) is 4.43 Å². The lowest BCUT2D eigenvalue weighted by atomic mass is 10.2. The Labute approximate surface area is 115 Å². The first-order valence-corrected chi connectivity index (χ1v) is 8.19. The molecule has 0 aliphatic rings. The van der Waals surface area contributed by atoms with Gasteiger partial charge in [0.1, 0.15) is 5.60 Å². The molecule has 17 heavy (non-hydrogen) atoms. The molecule has 0 rings (SSSR count). The minimum atomic E-state index is -0.358. The maximum absolute atomic E-state index is 11.3. The van der Waals surface area contributed by atoms with Crippen molar-refractivity contribution in [3.05, 3.63) is 24.8 Å². The highest BCUT2D eigenvalue weighted by Gasteiger charge is 2.14. The van der Waals surface area contributed by atoms with Crippen molar-refractivity contribution in [3.63, 3.8) is 0 Å². The van der Waals surface area contributed by atoms with Gasteiger partial charge in [0.15, 0.2) is 0 Å². The summed E-state index contributed by atoms with van der Waals surface area (Å²) in [6, 6.07) is 0. The quantitative estimate of drug-likeness (QED) is 0.358. The second-order valence-corrected chi connectivity index (χ2v) is 6.45. The summed E-state index contributed by atoms with van der Waals surface area (Å²) in [7, 11) is 1.50. The highest BCUT2D eigenvalue weighted by Crippen LogP contribution is 2.09. The van der Waals surface area contributed by atoms with E-state index in [9.17, 15) is 4.79 Å². The fourth-order valence-corrected chi connectivity index (χ4v) is 2.26. The molecule has 0 spiro atoms. The summed E-state index contributed by atoms with van der Waals surface area (Å²) in [5.41, 5.74) is 4.14. The summed E-state index contributed by atoms with van der Waals surface area (Å²) < 4.78 is 7.94. The van der Waals surface area contributed by atoms with Gasteiger partial charge in [-0.25, -0.2) is 0 Å². The van der Waals surface area contributed by atoms with Gasteiger partial charge in [-0.15, -0.1) is 20.7 Å². The lowest BCUT2D eigenvalue weighted by Crippen LogP contribution is -2.24. The van der Waals surface area contributed by atoms with E-state index < -0.39 is 0 Å². The molecular formula is C13H24INO2. The van der Waals surface area contributed by atoms with Crippen LogP contribution in [-0.2, 0) is 9.53 Å². The van der Waals surface area contributed by atoms with Crippen LogP contribution in [0, 0.1) is 0 Å². The molecular weight excluding hydrogens is 329 g/mol. The second-order valence-electron chi connectivity index (χ2n) is 3.93. The molecule has 0 atom stereocenters. The van der Waals surface area contributed by atoms with Gasteiger partial charge in [-0.3, -0.25) is 4.79 Å². The summed E-state index contributed by atoms with van der Waals surface area (Å²) >= 11 is -0.173. The number of carbonyl (C=O) groups excluding carboxylic acids is 1. The van der Waals surface area contributed by atoms with Crippen LogP contribution < -0.4 is 5.73 Å². The molecule has 0 saturated carbocycles. The van der Waals surface area contributed by atoms with Crippen molar-refractivity contribution in [3.8, 4) is 0 Å². The molecule has 0 aromatic heterocycles. The molecule has 0 aliphatic heterocycles. The van der Waals surface area contributed by atoms with Crippen LogP contribution in [0.15, 0.2) is 24.8 Å². The standard InChI is InChI=1S/C12H19IO2.CH5N/c1-5-6-7-8-9-13-10-11(14)15-12(2,3)4;1-2/h5-7,9H,1,8,10H2,2-4H3;2H2,1H3. The maximum atomic E-state index is 11.3. The largest absolute Gasteiger partial charge is 0.459 e. The Bertz CT molecular complexity index is 265. The van der Waals surface area contributed by atoms with Crippen molar-refractivity contribution in [1.82, 2.24) is 0 Å². The van der Waals surface area contributed by atoms with Crippen molar-refractivity contribution in [2.24, 2.45) is 5.73 Å². The first kappa shape index (κ1) is 18.9. The van der Waals surface area contributed by atoms with E-state index in [1.807, 2.05) is 32.9 Å². The fraction of sp³-hybridized carbons (Fsp3) is 0.538. The number of carbonyl (C=O) groups is 1. The van der Waals surface area contributed by atoms with E-state index in [2.05, 4.69) is 16.3 Å². The number of nitrogens with two attached hydrogens (primary N) is 1. The predicted octanol–water partition coefficient (Wildman–Crippen LogP) is 2.81. The Kier molecular flexibility index (Phi) is 13.3. The average molecular weight is 353 g/mol. The first-order valence-electron chi connectivity index (χ1n) is 5.42. The zero-order valence-electron chi connectivity index (χ0n) is 11.2. The highest BCUT2D eigenvalue weighted by atomic mass is 127. The number of alkyl halides is 1. The van der Waals surface area contributed by atoms with Gasteiger partial charge in [-0.05, 0) is 34.2 Å². The van der Waals surface area contributed by atoms with E-state index in [0.717, 1.165) is 6.42 Å². The number of rotatable bonds is 5. The van der Waals surface area contributed by atoms with Gasteiger partial charge in [-0.2, -0.15) is 0 Å². The monoisotopic (exact) mass is 353 g/mol. The molecule has 3 nitrogen and oxygen atoms in total. The van der Waals surface area contributed by atoms with Crippen LogP contribution in [0.4, 0.5) is 0 Å². The molecule has 4 heteroatoms. The number of esters is 1. The van der Waals surface area contributed by atoms with Crippen LogP contribution in [0.3, 0.4) is 0 Å². The van der Waals surface area contributed by atoms with E-state index >= 15 is 0 Å². The van der Waals surface area contributed by atoms with Crippen LogP contribution in [0.25, 0.3) is 0 Å². The molecule has 0 aromatic carbocycles. The predicted molar refractivity (Wildman–Crippen MR) is 84.9 cm³/mol. The first-order chi connectivity index (χ1) is 7.95. The smallest absolute Gasteiger partial charge is 0.315 e. The summed E-state index contributed by atoms with van der Waals surface area (Å²) in [5.74, 6) is -0.0840. The Balaban J connectivity index is 0. The normalized spacial score (nSPS) is 11.6. The summed E-state index contributed by atoms with van der Waals surface area (Å²) in [5, 5.41) is 0. The van der Waals surface area contributed by atoms with Gasteiger partial charge in [-0.1, -0.05) is 28.8 Å². The number of allylic oxidation sites excluding steroid dienone is 3. The van der Waals surface area contributed by atoms with Crippen LogP contribution in [0.2, 0.25) is 0 Å². The number of halogens is 1. The lowest BCUT2D eigenvalue weighted by molar-refractivity contribution is -0.151. The molecule has 0 heterocycles. The van der Waals surface area contributed by atoms with Crippen molar-refractivity contribution in [2.75, 3.05) is 11.5 Å². The topological polar surface area (TPSA) is 52.3 Å². The van der Waals surface area contributed by atoms with Gasteiger partial charge in [0.2, 0.25) is 0 Å². The third kappa shape index (κ3) is 18.1. The summed E-state index contributed by atoms with van der Waals surface area (Å²) in [6.07, 6.45) is 6.61. The summed E-state index contributed by atoms with van der Waals surface area (Å²) in [6.45, 7) is 9.25. The Hall–Kier alpha value is -0.490. The second kappa shape index (κ2) is 12.0. The third-order valence-corrected chi connectivity index (χ3v) is 3.41. The van der Waals surface area contributed by atoms with Crippen molar-refractivity contribution < 1.29 is 9.53 Å². The number of hydrogen-bond acceptors (Lipinski definition) is 3. The van der Waals surface area contributed by atoms with Crippen LogP contribution in [0.1, 0.15) is 27.2 Å². The van der Waals surface area contributed by atoms with E-state index in [1.54, 1.807) is 6.08 Å². The third-order valence-electron chi connectivity index (χ3n) is 1.21. The Morgan fingerprint density at radius 2 is 2.00 bits per heavy atom. The number of ether oxygens (including phenoxy) is 1. The highest BCUT2D eigenvalue weighted by molar-refractivity contribution is 14.2. The molecule has 0 bridgehead atoms. The van der Waals surface area contributed by atoms with E-state index in [-0.39, 0.29) is 32.3 Å². The molecule has 0 unspecified atom stereocenters. The Morgan fingerprint density at radius 3 is 2.47 bits per heavy atom. The fourth-order valence-electron chi connectivity index (χ4n) is 0.776. The van der Waals surface area contributed by atoms with Gasteiger partial charge in [0, 0.05) is 0 Å². The molecule has 0 aromatic rings. The van der Waals surface area contributed by atoms with E-state index in [0.29, 0.717) is 4.43 Å². The van der Waals surface area contributed by atoms with Crippen LogP contribution >= 0.6 is 20.7 Å². The van der Waals surface area contributed by atoms with Crippen LogP contribution in [0.5, 0.6) is 0 Å². The number of hydrogen-bond donors (Lipinski definition) is 1. The van der Waals surface area contributed by atoms with Crippen molar-refractivity contribution >= 4 is 30.7 Å². The molecule has 0 saturated heterocycles. The Morgan fingerprint density at radius 1 is 1.41 bits per heavy atom. The maximum Gasteiger partial charge on any atom is 0.315 e. The van der Waals surface area contributed by atoms with Crippen molar-refractivity contribution in [2.45, 2.75) is 32.8 Å². The van der Waals surface area contributed by atoms with E-state index in [1.165, 1.54) is 7.05 Å². The van der Waals surface area contributed by atoms with Gasteiger partial charge in [0.25, 0.3) is 0 Å². The van der Waals surface area contributed by atoms with Crippen molar-refractivity contribution in [1.29, 1.82) is 0 Å². The van der Waals surface area contributed by atoms with Crippen LogP contribution in [-0.4, -0.2) is 27.1 Å². The SMILES string of the molecule is C=CC=CCC=ICC(=O)OC(C)(C)C.CN. The zero-order chi connectivity index (χ0) is 13.7. The lowest BCUT2D eigenvalue weighted by Gasteiger charge is -2.18. The summed E-state index contributed by atoms with van der Waals surface area (Å²) in [4.78, 5) is 11.3. The minimum Gasteiger partial charge on any atom is -0.459 e. The minimum absolute atomic E-state index is 0.0840. The van der Waals surface area contributed by atoms with Gasteiger partial charge < -0.3 is 10.5 Å². The molecule has 0 amide bonds. The molecule has 0 radical (unpaired) electrons. The zero-order valence-corrected chi connectivity index (χ0v) is 13.4. The molecule has 0 fully saturated rings.